The molecular weight excluding hydrogens is 210 g/mol. The fraction of sp³-hybridized carbons (Fsp3) is 0.0909. The Morgan fingerprint density at radius 3 is 2.50 bits per heavy atom. The van der Waals surface area contributed by atoms with Crippen LogP contribution in [0.4, 0.5) is 0 Å². The van der Waals surface area contributed by atoms with Gasteiger partial charge in [0.2, 0.25) is 5.91 Å². The standard InChI is InChI=1S/C11H9NO4/c1-6(13)12-9-4-8(11(15)16)3-2-7(9)5-10(12)14/h2-5,14H,1H3,(H,15,16). The molecule has 0 aliphatic carbocycles. The lowest BCUT2D eigenvalue weighted by Gasteiger charge is -2.01. The number of nitrogens with zero attached hydrogens (tertiary/aromatic N) is 1. The van der Waals surface area contributed by atoms with Crippen LogP contribution < -0.4 is 0 Å². The molecule has 0 radical (unpaired) electrons. The molecule has 0 aliphatic heterocycles. The van der Waals surface area contributed by atoms with Gasteiger partial charge < -0.3 is 10.2 Å². The highest BCUT2D eigenvalue weighted by atomic mass is 16.4. The van der Waals surface area contributed by atoms with E-state index in [9.17, 15) is 14.7 Å². The van der Waals surface area contributed by atoms with Crippen molar-refractivity contribution in [2.75, 3.05) is 0 Å². The summed E-state index contributed by atoms with van der Waals surface area (Å²) in [6.45, 7) is 1.30. The van der Waals surface area contributed by atoms with Gasteiger partial charge in [-0.1, -0.05) is 6.07 Å². The monoisotopic (exact) mass is 219 g/mol. The van der Waals surface area contributed by atoms with E-state index in [-0.39, 0.29) is 17.4 Å². The third-order valence-electron chi connectivity index (χ3n) is 2.35. The molecule has 5 heteroatoms. The third-order valence-corrected chi connectivity index (χ3v) is 2.35. The first-order chi connectivity index (χ1) is 7.50. The van der Waals surface area contributed by atoms with Crippen LogP contribution in [0.3, 0.4) is 0 Å². The molecular formula is C11H9NO4. The van der Waals surface area contributed by atoms with Crippen LogP contribution in [0.2, 0.25) is 0 Å². The van der Waals surface area contributed by atoms with E-state index in [0.717, 1.165) is 4.57 Å². The number of hydrogen-bond donors (Lipinski definition) is 2. The number of carboxylic acid groups (broad SMARTS) is 1. The number of carboxylic acids is 1. The van der Waals surface area contributed by atoms with Crippen molar-refractivity contribution in [3.05, 3.63) is 29.8 Å². The van der Waals surface area contributed by atoms with Gasteiger partial charge in [-0.05, 0) is 12.1 Å². The Balaban J connectivity index is 2.79. The van der Waals surface area contributed by atoms with E-state index in [1.54, 1.807) is 6.07 Å². The van der Waals surface area contributed by atoms with Crippen molar-refractivity contribution >= 4 is 22.8 Å². The van der Waals surface area contributed by atoms with Crippen LogP contribution in [0, 0.1) is 0 Å². The lowest BCUT2D eigenvalue weighted by Crippen LogP contribution is -2.05. The smallest absolute Gasteiger partial charge is 0.335 e. The first kappa shape index (κ1) is 10.2. The third kappa shape index (κ3) is 1.42. The minimum absolute atomic E-state index is 0.0769. The lowest BCUT2D eigenvalue weighted by atomic mass is 10.1. The zero-order chi connectivity index (χ0) is 11.9. The molecule has 16 heavy (non-hydrogen) atoms. The summed E-state index contributed by atoms with van der Waals surface area (Å²) in [5.41, 5.74) is 0.470. The van der Waals surface area contributed by atoms with E-state index in [2.05, 4.69) is 0 Å². The highest BCUT2D eigenvalue weighted by Crippen LogP contribution is 2.25. The second-order valence-electron chi connectivity index (χ2n) is 3.44. The second-order valence-corrected chi connectivity index (χ2v) is 3.44. The summed E-state index contributed by atoms with van der Waals surface area (Å²) in [4.78, 5) is 22.1. The quantitative estimate of drug-likeness (QED) is 0.765. The Bertz CT molecular complexity index is 597. The van der Waals surface area contributed by atoms with Crippen molar-refractivity contribution in [1.82, 2.24) is 4.57 Å². The molecule has 0 aliphatic rings. The number of aromatic carboxylic acids is 1. The fourth-order valence-corrected chi connectivity index (χ4v) is 1.65. The van der Waals surface area contributed by atoms with Crippen molar-refractivity contribution in [3.63, 3.8) is 0 Å². The van der Waals surface area contributed by atoms with E-state index in [1.807, 2.05) is 0 Å². The predicted octanol–water partition coefficient (Wildman–Crippen LogP) is 1.71. The van der Waals surface area contributed by atoms with Crippen LogP contribution in [0.25, 0.3) is 10.9 Å². The normalized spacial score (nSPS) is 10.6. The molecule has 0 unspecified atom stereocenters. The number of benzene rings is 1. The van der Waals surface area contributed by atoms with E-state index in [1.165, 1.54) is 25.1 Å². The number of aromatic hydroxyl groups is 1. The van der Waals surface area contributed by atoms with Crippen molar-refractivity contribution in [2.45, 2.75) is 6.92 Å². The van der Waals surface area contributed by atoms with E-state index in [0.29, 0.717) is 10.9 Å². The largest absolute Gasteiger partial charge is 0.494 e. The number of rotatable bonds is 1. The summed E-state index contributed by atoms with van der Waals surface area (Å²) in [5.74, 6) is -1.63. The summed E-state index contributed by atoms with van der Waals surface area (Å²) in [6, 6.07) is 5.76. The SMILES string of the molecule is CC(=O)n1c(O)cc2ccc(C(=O)O)cc21. The number of carbonyl (C=O) groups excluding carboxylic acids is 1. The molecule has 0 saturated carbocycles. The van der Waals surface area contributed by atoms with Crippen LogP contribution in [0.5, 0.6) is 5.88 Å². The first-order valence-corrected chi connectivity index (χ1v) is 4.59. The highest BCUT2D eigenvalue weighted by Gasteiger charge is 2.13. The van der Waals surface area contributed by atoms with Crippen LogP contribution in [0.15, 0.2) is 24.3 Å². The van der Waals surface area contributed by atoms with Crippen molar-refractivity contribution < 1.29 is 19.8 Å². The Labute approximate surface area is 90.5 Å². The molecule has 0 amide bonds. The number of aromatic nitrogens is 1. The topological polar surface area (TPSA) is 79.5 Å². The Hall–Kier alpha value is -2.30. The van der Waals surface area contributed by atoms with Gasteiger partial charge in [-0.15, -0.1) is 0 Å². The van der Waals surface area contributed by atoms with Gasteiger partial charge in [0.15, 0.2) is 5.88 Å². The van der Waals surface area contributed by atoms with Gasteiger partial charge in [0.25, 0.3) is 0 Å². The Morgan fingerprint density at radius 1 is 1.25 bits per heavy atom. The maximum absolute atomic E-state index is 11.3. The molecule has 1 heterocycles. The van der Waals surface area contributed by atoms with Crippen LogP contribution >= 0.6 is 0 Å². The van der Waals surface area contributed by atoms with Gasteiger partial charge in [-0.25, -0.2) is 4.79 Å². The number of carbonyl (C=O) groups is 2. The van der Waals surface area contributed by atoms with Gasteiger partial charge in [0.1, 0.15) is 0 Å². The Kier molecular flexibility index (Phi) is 2.16. The molecule has 0 fully saturated rings. The van der Waals surface area contributed by atoms with E-state index in [4.69, 9.17) is 5.11 Å². The van der Waals surface area contributed by atoms with Crippen LogP contribution in [-0.2, 0) is 0 Å². The average Bonchev–Trinajstić information content (AvgIpc) is 2.51. The number of hydrogen-bond acceptors (Lipinski definition) is 3. The summed E-state index contributed by atoms with van der Waals surface area (Å²) in [5, 5.41) is 19.0. The van der Waals surface area contributed by atoms with Crippen molar-refractivity contribution in [2.24, 2.45) is 0 Å². The number of fused-ring (bicyclic) bond motifs is 1. The second kappa shape index (κ2) is 3.37. The Morgan fingerprint density at radius 2 is 1.94 bits per heavy atom. The van der Waals surface area contributed by atoms with E-state index >= 15 is 0 Å². The molecule has 2 aromatic rings. The van der Waals surface area contributed by atoms with Gasteiger partial charge >= 0.3 is 5.97 Å². The summed E-state index contributed by atoms with van der Waals surface area (Å²) in [6.07, 6.45) is 0. The average molecular weight is 219 g/mol. The molecule has 5 nitrogen and oxygen atoms in total. The van der Waals surface area contributed by atoms with Gasteiger partial charge in [-0.3, -0.25) is 9.36 Å². The minimum Gasteiger partial charge on any atom is -0.494 e. The summed E-state index contributed by atoms with van der Waals surface area (Å²) in [7, 11) is 0. The molecule has 2 rings (SSSR count). The predicted molar refractivity (Wildman–Crippen MR) is 56.9 cm³/mol. The molecule has 0 bridgehead atoms. The van der Waals surface area contributed by atoms with E-state index < -0.39 is 5.97 Å². The maximum Gasteiger partial charge on any atom is 0.335 e. The van der Waals surface area contributed by atoms with Crippen LogP contribution in [-0.4, -0.2) is 26.7 Å². The summed E-state index contributed by atoms with van der Waals surface area (Å²) < 4.78 is 1.07. The zero-order valence-corrected chi connectivity index (χ0v) is 8.47. The maximum atomic E-state index is 11.3. The molecule has 0 atom stereocenters. The first-order valence-electron chi connectivity index (χ1n) is 4.59. The highest BCUT2D eigenvalue weighted by molar-refractivity contribution is 5.98. The molecule has 0 spiro atoms. The molecule has 1 aromatic carbocycles. The van der Waals surface area contributed by atoms with Crippen molar-refractivity contribution in [3.8, 4) is 5.88 Å². The molecule has 1 aromatic heterocycles. The van der Waals surface area contributed by atoms with Gasteiger partial charge in [0, 0.05) is 18.4 Å². The van der Waals surface area contributed by atoms with Crippen LogP contribution in [0.1, 0.15) is 22.1 Å². The van der Waals surface area contributed by atoms with Crippen molar-refractivity contribution in [1.29, 1.82) is 0 Å². The molecule has 82 valence electrons. The minimum atomic E-state index is -1.07. The fourth-order valence-electron chi connectivity index (χ4n) is 1.65. The molecule has 0 saturated heterocycles. The van der Waals surface area contributed by atoms with Gasteiger partial charge in [0.05, 0.1) is 11.1 Å². The lowest BCUT2D eigenvalue weighted by molar-refractivity contribution is 0.0696. The summed E-state index contributed by atoms with van der Waals surface area (Å²) >= 11 is 0. The zero-order valence-electron chi connectivity index (χ0n) is 8.47. The van der Waals surface area contributed by atoms with Gasteiger partial charge in [-0.2, -0.15) is 0 Å². The molecule has 2 N–H and O–H groups in total.